The van der Waals surface area contributed by atoms with E-state index in [2.05, 4.69) is 20.7 Å². The van der Waals surface area contributed by atoms with Crippen molar-refractivity contribution in [1.82, 2.24) is 9.66 Å². The monoisotopic (exact) mass is 291 g/mol. The van der Waals surface area contributed by atoms with E-state index in [0.717, 1.165) is 11.4 Å². The summed E-state index contributed by atoms with van der Waals surface area (Å²) in [6.07, 6.45) is -0.266. The van der Waals surface area contributed by atoms with Crippen LogP contribution in [0.1, 0.15) is 5.69 Å². The van der Waals surface area contributed by atoms with E-state index < -0.39 is 0 Å². The maximum absolute atomic E-state index is 9.21. The average Bonchev–Trinajstić information content (AvgIpc) is 2.82. The summed E-state index contributed by atoms with van der Waals surface area (Å²) < 4.78 is 1.72. The molecule has 0 saturated heterocycles. The molecule has 0 aliphatic carbocycles. The number of aryl methyl sites for hydroxylation is 1. The molecule has 0 amide bonds. The van der Waals surface area contributed by atoms with E-state index in [0.29, 0.717) is 16.5 Å². The lowest BCUT2D eigenvalue weighted by Gasteiger charge is -2.07. The molecule has 1 aromatic carbocycles. The Bertz CT molecular complexity index is 712. The van der Waals surface area contributed by atoms with Crippen molar-refractivity contribution in [3.05, 3.63) is 46.5 Å². The number of fused-ring (bicyclic) bond motifs is 1. The summed E-state index contributed by atoms with van der Waals surface area (Å²) in [5, 5.41) is 12.9. The molecule has 2 aromatic rings. The van der Waals surface area contributed by atoms with Gasteiger partial charge in [0, 0.05) is 16.8 Å². The van der Waals surface area contributed by atoms with Crippen LogP contribution in [0.25, 0.3) is 0 Å². The van der Waals surface area contributed by atoms with Gasteiger partial charge in [0.1, 0.15) is 6.17 Å². The third kappa shape index (κ3) is 2.48. The fourth-order valence-corrected chi connectivity index (χ4v) is 2.21. The standard InChI is InChI=1S/C13H14ClN5O/c1-8-5-12(16-10-4-2-3-9(14)6-10)19-13(15-8)17-11(7-20)18-19/h2-6,11,18,20H,7H2,1H3,(H,15,17). The largest absolute Gasteiger partial charge is 0.392 e. The molecule has 1 unspecified atom stereocenters. The maximum atomic E-state index is 9.21. The number of halogens is 1. The number of aromatic nitrogens is 2. The number of rotatable bonds is 2. The predicted molar refractivity (Wildman–Crippen MR) is 77.5 cm³/mol. The van der Waals surface area contributed by atoms with Crippen molar-refractivity contribution in [2.24, 2.45) is 4.99 Å². The first-order valence-corrected chi connectivity index (χ1v) is 6.58. The van der Waals surface area contributed by atoms with E-state index in [4.69, 9.17) is 11.6 Å². The van der Waals surface area contributed by atoms with Crippen LogP contribution in [-0.2, 0) is 0 Å². The summed E-state index contributed by atoms with van der Waals surface area (Å²) in [5.74, 6) is 0.629. The van der Waals surface area contributed by atoms with Gasteiger partial charge in [-0.25, -0.2) is 14.7 Å². The number of benzene rings is 1. The van der Waals surface area contributed by atoms with Gasteiger partial charge >= 0.3 is 0 Å². The molecule has 0 saturated carbocycles. The van der Waals surface area contributed by atoms with Gasteiger partial charge in [-0.05, 0) is 25.1 Å². The number of anilines is 1. The second kappa shape index (κ2) is 5.15. The van der Waals surface area contributed by atoms with E-state index in [-0.39, 0.29) is 12.8 Å². The zero-order valence-electron chi connectivity index (χ0n) is 10.8. The summed E-state index contributed by atoms with van der Waals surface area (Å²) in [7, 11) is 0. The van der Waals surface area contributed by atoms with Gasteiger partial charge in [0.25, 0.3) is 0 Å². The second-order valence-electron chi connectivity index (χ2n) is 4.52. The van der Waals surface area contributed by atoms with Gasteiger partial charge in [0.15, 0.2) is 5.49 Å². The van der Waals surface area contributed by atoms with E-state index in [9.17, 15) is 5.11 Å². The first-order valence-electron chi connectivity index (χ1n) is 6.20. The van der Waals surface area contributed by atoms with E-state index >= 15 is 0 Å². The van der Waals surface area contributed by atoms with Crippen molar-refractivity contribution in [3.63, 3.8) is 0 Å². The maximum Gasteiger partial charge on any atom is 0.225 e. The Hall–Kier alpha value is -2.05. The molecule has 3 N–H and O–H groups in total. The van der Waals surface area contributed by atoms with Crippen molar-refractivity contribution in [1.29, 1.82) is 0 Å². The van der Waals surface area contributed by atoms with Crippen LogP contribution in [0.4, 0.5) is 11.6 Å². The highest BCUT2D eigenvalue weighted by Gasteiger charge is 2.19. The Morgan fingerprint density at radius 2 is 2.30 bits per heavy atom. The lowest BCUT2D eigenvalue weighted by atomic mass is 10.3. The molecule has 0 spiro atoms. The smallest absolute Gasteiger partial charge is 0.225 e. The van der Waals surface area contributed by atoms with Gasteiger partial charge in [-0.15, -0.1) is 0 Å². The van der Waals surface area contributed by atoms with E-state index in [1.54, 1.807) is 16.8 Å². The van der Waals surface area contributed by atoms with Crippen LogP contribution in [0.3, 0.4) is 0 Å². The summed E-state index contributed by atoms with van der Waals surface area (Å²) >= 11 is 5.97. The molecule has 0 fully saturated rings. The first kappa shape index (κ1) is 13.0. The highest BCUT2D eigenvalue weighted by molar-refractivity contribution is 6.30. The quantitative estimate of drug-likeness (QED) is 0.781. The number of hydrogen-bond acceptors (Lipinski definition) is 5. The van der Waals surface area contributed by atoms with Crippen molar-refractivity contribution in [2.75, 3.05) is 17.3 Å². The van der Waals surface area contributed by atoms with Crippen LogP contribution >= 0.6 is 11.6 Å². The minimum absolute atomic E-state index is 0.0426. The Morgan fingerprint density at radius 1 is 1.45 bits per heavy atom. The van der Waals surface area contributed by atoms with E-state index in [1.165, 1.54) is 0 Å². The summed E-state index contributed by atoms with van der Waals surface area (Å²) in [4.78, 5) is 8.92. The lowest BCUT2D eigenvalue weighted by Crippen LogP contribution is -2.33. The molecule has 1 aromatic heterocycles. The number of nitrogens with one attached hydrogen (secondary N) is 2. The van der Waals surface area contributed by atoms with Gasteiger partial charge in [-0.3, -0.25) is 5.43 Å². The Labute approximate surface area is 120 Å². The summed E-state index contributed by atoms with van der Waals surface area (Å²) in [6.45, 7) is 1.85. The molecule has 0 radical (unpaired) electrons. The fourth-order valence-electron chi connectivity index (χ4n) is 2.02. The van der Waals surface area contributed by atoms with Gasteiger partial charge in [0.05, 0.1) is 12.3 Å². The Balaban J connectivity index is 2.11. The number of nitrogens with zero attached hydrogens (tertiary/aromatic N) is 3. The van der Waals surface area contributed by atoms with Crippen LogP contribution in [0.5, 0.6) is 0 Å². The summed E-state index contributed by atoms with van der Waals surface area (Å²) in [5.41, 5.74) is 5.37. The van der Waals surface area contributed by atoms with Crippen LogP contribution in [0.2, 0.25) is 5.02 Å². The normalized spacial score (nSPS) is 17.6. The molecule has 3 rings (SSSR count). The van der Waals surface area contributed by atoms with Gasteiger partial charge in [-0.1, -0.05) is 17.7 Å². The molecule has 0 bridgehead atoms. The molecular weight excluding hydrogens is 278 g/mol. The minimum Gasteiger partial charge on any atom is -0.392 e. The molecule has 1 aliphatic heterocycles. The van der Waals surface area contributed by atoms with Gasteiger partial charge in [0.2, 0.25) is 5.95 Å². The van der Waals surface area contributed by atoms with Gasteiger partial charge in [-0.2, -0.15) is 0 Å². The van der Waals surface area contributed by atoms with E-state index in [1.807, 2.05) is 25.1 Å². The molecule has 104 valence electrons. The zero-order chi connectivity index (χ0) is 14.1. The molecule has 1 atom stereocenters. The van der Waals surface area contributed by atoms with Crippen molar-refractivity contribution in [3.8, 4) is 0 Å². The molecule has 6 nitrogen and oxygen atoms in total. The molecular formula is C13H14ClN5O. The molecule has 7 heteroatoms. The highest BCUT2D eigenvalue weighted by atomic mass is 35.5. The Kier molecular flexibility index (Phi) is 3.33. The SMILES string of the molecule is Cc1cc(=Nc2cccc(Cl)c2)n2c(n1)NC(CO)N2. The lowest BCUT2D eigenvalue weighted by molar-refractivity contribution is 0.282. The predicted octanol–water partition coefficient (Wildman–Crippen LogP) is 1.36. The molecule has 2 heterocycles. The van der Waals surface area contributed by atoms with Gasteiger partial charge < -0.3 is 10.4 Å². The van der Waals surface area contributed by atoms with Crippen molar-refractivity contribution < 1.29 is 5.11 Å². The van der Waals surface area contributed by atoms with Crippen LogP contribution in [-0.4, -0.2) is 27.5 Å². The number of aliphatic hydroxyl groups excluding tert-OH is 1. The number of aliphatic hydroxyl groups is 1. The average molecular weight is 292 g/mol. The van der Waals surface area contributed by atoms with Crippen LogP contribution in [0, 0.1) is 6.92 Å². The third-order valence-corrected chi connectivity index (χ3v) is 3.12. The van der Waals surface area contributed by atoms with Crippen LogP contribution < -0.4 is 16.2 Å². The zero-order valence-corrected chi connectivity index (χ0v) is 11.6. The molecule has 20 heavy (non-hydrogen) atoms. The first-order chi connectivity index (χ1) is 9.65. The van der Waals surface area contributed by atoms with Crippen molar-refractivity contribution in [2.45, 2.75) is 13.1 Å². The third-order valence-electron chi connectivity index (χ3n) is 2.88. The highest BCUT2D eigenvalue weighted by Crippen LogP contribution is 2.17. The minimum atomic E-state index is -0.266. The summed E-state index contributed by atoms with van der Waals surface area (Å²) in [6, 6.07) is 9.18. The second-order valence-corrected chi connectivity index (χ2v) is 4.95. The van der Waals surface area contributed by atoms with Crippen molar-refractivity contribution >= 4 is 23.2 Å². The topological polar surface area (TPSA) is 74.5 Å². The fraction of sp³-hybridized carbons (Fsp3) is 0.231. The van der Waals surface area contributed by atoms with Crippen LogP contribution in [0.15, 0.2) is 35.3 Å². The molecule has 1 aliphatic rings. The Morgan fingerprint density at radius 3 is 3.05 bits per heavy atom. The number of hydrogen-bond donors (Lipinski definition) is 3.